The van der Waals surface area contributed by atoms with E-state index in [1.165, 1.54) is 13.8 Å². The molecule has 0 bridgehead atoms. The van der Waals surface area contributed by atoms with Crippen molar-refractivity contribution in [3.05, 3.63) is 0 Å². The van der Waals surface area contributed by atoms with Crippen molar-refractivity contribution >= 4 is 13.9 Å². The van der Waals surface area contributed by atoms with E-state index in [0.717, 1.165) is 0 Å². The fourth-order valence-electron chi connectivity index (χ4n) is 0. The van der Waals surface area contributed by atoms with Crippen LogP contribution < -0.4 is 0 Å². The third-order valence-electron chi connectivity index (χ3n) is 0.786. The minimum atomic E-state index is -1.10. The van der Waals surface area contributed by atoms with Crippen LogP contribution in [0.2, 0.25) is 19.6 Å². The van der Waals surface area contributed by atoms with E-state index in [1.807, 2.05) is 0 Å². The number of rotatable bonds is 0. The summed E-state index contributed by atoms with van der Waals surface area (Å²) in [7, 11) is -1.10. The van der Waals surface area contributed by atoms with E-state index in [9.17, 15) is 4.79 Å². The van der Waals surface area contributed by atoms with Crippen LogP contribution in [0.5, 0.6) is 0 Å². The quantitative estimate of drug-likeness (QED) is 0.522. The first kappa shape index (κ1) is 20.4. The normalized spacial score (nSPS) is 9.38. The van der Waals surface area contributed by atoms with Crippen LogP contribution in [-0.4, -0.2) is 24.6 Å². The minimum absolute atomic E-state index is 0.167. The molecule has 0 aromatic heterocycles. The molecule has 0 saturated carbocycles. The molecule has 0 saturated heterocycles. The largest absolute Gasteiger partial charge is 0.378 e. The molecule has 0 atom stereocenters. The Labute approximate surface area is 101 Å². The summed E-state index contributed by atoms with van der Waals surface area (Å²) in [5, 5.41) is 8.59. The van der Waals surface area contributed by atoms with E-state index in [1.54, 1.807) is 13.8 Å². The van der Waals surface area contributed by atoms with Crippen LogP contribution in [-0.2, 0) is 4.79 Å². The molecular formula is C13H24O2Si. The molecule has 0 rings (SSSR count). The van der Waals surface area contributed by atoms with Crippen molar-refractivity contribution in [2.24, 2.45) is 0 Å². The summed E-state index contributed by atoms with van der Waals surface area (Å²) >= 11 is 0. The van der Waals surface area contributed by atoms with Gasteiger partial charge in [0.05, 0.1) is 0 Å². The molecule has 0 aliphatic carbocycles. The summed E-state index contributed by atoms with van der Waals surface area (Å²) in [5.41, 5.74) is 1.81. The molecule has 0 aliphatic heterocycles. The molecular weight excluding hydrogens is 216 g/mol. The molecule has 1 N–H and O–H groups in total. The highest BCUT2D eigenvalue weighted by molar-refractivity contribution is 6.83. The second-order valence-corrected chi connectivity index (χ2v) is 9.79. The molecule has 0 aromatic rings. The zero-order valence-corrected chi connectivity index (χ0v) is 12.5. The van der Waals surface area contributed by atoms with Crippen molar-refractivity contribution in [1.29, 1.82) is 0 Å². The monoisotopic (exact) mass is 240 g/mol. The van der Waals surface area contributed by atoms with Gasteiger partial charge in [-0.05, 0) is 27.7 Å². The Morgan fingerprint density at radius 3 is 1.31 bits per heavy atom. The zero-order chi connectivity index (χ0) is 14.0. The van der Waals surface area contributed by atoms with Crippen LogP contribution in [0.3, 0.4) is 0 Å². The number of ketones is 1. The number of aliphatic hydroxyl groups is 1. The van der Waals surface area contributed by atoms with E-state index < -0.39 is 13.7 Å². The Morgan fingerprint density at radius 2 is 1.31 bits per heavy atom. The number of hydrogen-bond donors (Lipinski definition) is 1. The van der Waals surface area contributed by atoms with E-state index in [-0.39, 0.29) is 5.78 Å². The average Bonchev–Trinajstić information content (AvgIpc) is 2.02. The maximum Gasteiger partial charge on any atom is 0.128 e. The molecule has 0 unspecified atom stereocenters. The maximum absolute atomic E-state index is 9.44. The van der Waals surface area contributed by atoms with Gasteiger partial charge in [0.25, 0.3) is 0 Å². The Kier molecular flexibility index (Phi) is 11.7. The number of carbonyl (C=O) groups excluding carboxylic acids is 1. The summed E-state index contributed by atoms with van der Waals surface area (Å²) in [4.78, 5) is 9.44. The van der Waals surface area contributed by atoms with Crippen molar-refractivity contribution < 1.29 is 9.90 Å². The topological polar surface area (TPSA) is 37.3 Å². The Hall–Kier alpha value is -1.03. The van der Waals surface area contributed by atoms with Gasteiger partial charge in [0.1, 0.15) is 19.5 Å². The number of Topliss-reactive ketones (excluding diaryl/α,β-unsaturated/α-hetero) is 1. The Bertz CT molecular complexity index is 238. The first-order valence-corrected chi connectivity index (χ1v) is 8.51. The van der Waals surface area contributed by atoms with Crippen LogP contribution >= 0.6 is 0 Å². The van der Waals surface area contributed by atoms with Gasteiger partial charge in [0.15, 0.2) is 0 Å². The van der Waals surface area contributed by atoms with Crippen molar-refractivity contribution in [2.45, 2.75) is 52.9 Å². The lowest BCUT2D eigenvalue weighted by Crippen LogP contribution is -2.15. The number of carbonyl (C=O) groups is 1. The van der Waals surface area contributed by atoms with Gasteiger partial charge in [-0.2, -0.15) is 0 Å². The van der Waals surface area contributed by atoms with Gasteiger partial charge in [-0.15, -0.1) is 18.4 Å². The van der Waals surface area contributed by atoms with E-state index >= 15 is 0 Å². The summed E-state index contributed by atoms with van der Waals surface area (Å²) < 4.78 is 0. The second kappa shape index (κ2) is 9.21. The smallest absolute Gasteiger partial charge is 0.128 e. The van der Waals surface area contributed by atoms with E-state index in [0.29, 0.717) is 0 Å². The summed E-state index contributed by atoms with van der Waals surface area (Å²) in [5.74, 6) is 2.33. The van der Waals surface area contributed by atoms with Gasteiger partial charge in [0.2, 0.25) is 0 Å². The third-order valence-corrected chi connectivity index (χ3v) is 1.65. The average molecular weight is 240 g/mol. The molecule has 2 nitrogen and oxygen atoms in total. The lowest BCUT2D eigenvalue weighted by Gasteiger charge is -2.04. The SMILES string of the molecule is C#CC(C)(C)O.C#C[Si](C)(C)C.CC(C)=O. The highest BCUT2D eigenvalue weighted by Crippen LogP contribution is 1.94. The van der Waals surface area contributed by atoms with Crippen LogP contribution in [0.1, 0.15) is 27.7 Å². The molecule has 92 valence electrons. The summed E-state index contributed by atoms with van der Waals surface area (Å²) in [6.07, 6.45) is 9.92. The zero-order valence-electron chi connectivity index (χ0n) is 11.5. The van der Waals surface area contributed by atoms with E-state index in [4.69, 9.17) is 18.0 Å². The predicted octanol–water partition coefficient (Wildman–Crippen LogP) is 2.48. The first-order valence-electron chi connectivity index (χ1n) is 5.01. The Morgan fingerprint density at radius 1 is 1.19 bits per heavy atom. The van der Waals surface area contributed by atoms with Crippen LogP contribution in [0, 0.1) is 24.3 Å². The molecule has 0 heterocycles. The van der Waals surface area contributed by atoms with Gasteiger partial charge in [-0.1, -0.05) is 25.6 Å². The van der Waals surface area contributed by atoms with Crippen LogP contribution in [0.4, 0.5) is 0 Å². The van der Waals surface area contributed by atoms with Crippen LogP contribution in [0.25, 0.3) is 0 Å². The maximum atomic E-state index is 9.44. The lowest BCUT2D eigenvalue weighted by molar-refractivity contribution is -0.114. The predicted molar refractivity (Wildman–Crippen MR) is 73.7 cm³/mol. The standard InChI is InChI=1S/C5H8O.C5H10Si.C3H6O/c1-4-5(2,3)6;1-5-6(2,3)4;1-3(2)4/h1,6H,2-3H3;1H,2-4H3;1-2H3. The third kappa shape index (κ3) is 75.3. The van der Waals surface area contributed by atoms with Crippen LogP contribution in [0.15, 0.2) is 0 Å². The van der Waals surface area contributed by atoms with Gasteiger partial charge in [0, 0.05) is 0 Å². The van der Waals surface area contributed by atoms with Gasteiger partial charge < -0.3 is 9.90 Å². The van der Waals surface area contributed by atoms with Gasteiger partial charge in [-0.3, -0.25) is 0 Å². The summed E-state index contributed by atoms with van der Waals surface area (Å²) in [6.45, 7) is 12.6. The first-order chi connectivity index (χ1) is 6.85. The highest BCUT2D eigenvalue weighted by Gasteiger charge is 2.05. The molecule has 3 heteroatoms. The van der Waals surface area contributed by atoms with Crippen molar-refractivity contribution in [3.63, 3.8) is 0 Å². The molecule has 0 amide bonds. The second-order valence-electron chi connectivity index (χ2n) is 5.01. The van der Waals surface area contributed by atoms with Crippen molar-refractivity contribution in [2.75, 3.05) is 0 Å². The fraction of sp³-hybridized carbons (Fsp3) is 0.615. The molecule has 0 radical (unpaired) electrons. The summed E-state index contributed by atoms with van der Waals surface area (Å²) in [6, 6.07) is 0. The van der Waals surface area contributed by atoms with E-state index in [2.05, 4.69) is 31.1 Å². The van der Waals surface area contributed by atoms with Crippen molar-refractivity contribution in [1.82, 2.24) is 0 Å². The minimum Gasteiger partial charge on any atom is -0.378 e. The van der Waals surface area contributed by atoms with Gasteiger partial charge >= 0.3 is 0 Å². The number of terminal acetylenes is 2. The molecule has 0 spiro atoms. The molecule has 0 aliphatic rings. The van der Waals surface area contributed by atoms with Crippen molar-refractivity contribution in [3.8, 4) is 24.3 Å². The molecule has 0 aromatic carbocycles. The highest BCUT2D eigenvalue weighted by atomic mass is 28.3. The molecule has 0 fully saturated rings. The number of hydrogen-bond acceptors (Lipinski definition) is 2. The fourth-order valence-corrected chi connectivity index (χ4v) is 0. The Balaban J connectivity index is -0.000000162. The van der Waals surface area contributed by atoms with Gasteiger partial charge in [-0.25, -0.2) is 0 Å². The molecule has 16 heavy (non-hydrogen) atoms. The lowest BCUT2D eigenvalue weighted by atomic mass is 10.2.